The normalized spacial score (nSPS) is 10.1. The number of benzene rings is 2. The summed E-state index contributed by atoms with van der Waals surface area (Å²) in [6, 6.07) is 8.99. The summed E-state index contributed by atoms with van der Waals surface area (Å²) in [6.07, 6.45) is 0. The molecule has 0 spiro atoms. The number of carbonyl (C=O) groups excluding carboxylic acids is 3. The predicted octanol–water partition coefficient (Wildman–Crippen LogP) is 3.16. The Hall–Kier alpha value is -2.77. The van der Waals surface area contributed by atoms with Crippen molar-refractivity contribution in [3.8, 4) is 5.75 Å². The molecule has 27 heavy (non-hydrogen) atoms. The Morgan fingerprint density at radius 2 is 1.70 bits per heavy atom. The topological polar surface area (TPSA) is 93.7 Å². The molecular weight excluding hydrogens is 395 g/mol. The molecule has 0 radical (unpaired) electrons. The molecule has 2 aromatic carbocycles. The van der Waals surface area contributed by atoms with Gasteiger partial charge in [-0.2, -0.15) is 0 Å². The van der Waals surface area contributed by atoms with Crippen LogP contribution in [0.5, 0.6) is 5.75 Å². The molecule has 2 aromatic rings. The highest BCUT2D eigenvalue weighted by atomic mass is 35.5. The van der Waals surface area contributed by atoms with Crippen LogP contribution in [0.25, 0.3) is 0 Å². The molecule has 0 heterocycles. The molecule has 0 saturated carbocycles. The van der Waals surface area contributed by atoms with Crippen LogP contribution < -0.4 is 15.4 Å². The first-order valence-electron chi connectivity index (χ1n) is 7.68. The van der Waals surface area contributed by atoms with E-state index in [1.54, 1.807) is 18.2 Å². The van der Waals surface area contributed by atoms with E-state index in [4.69, 9.17) is 32.7 Å². The molecule has 7 nitrogen and oxygen atoms in total. The summed E-state index contributed by atoms with van der Waals surface area (Å²) in [6.45, 7) is -0.524. The van der Waals surface area contributed by atoms with Crippen LogP contribution in [-0.2, 0) is 9.53 Å². The fourth-order valence-corrected chi connectivity index (χ4v) is 2.81. The smallest absolute Gasteiger partial charge is 0.338 e. The number of ether oxygens (including phenoxy) is 2. The van der Waals surface area contributed by atoms with Crippen molar-refractivity contribution in [3.63, 3.8) is 0 Å². The molecule has 0 aliphatic rings. The summed E-state index contributed by atoms with van der Waals surface area (Å²) >= 11 is 11.9. The lowest BCUT2D eigenvalue weighted by atomic mass is 10.2. The fraction of sp³-hybridized carbons (Fsp3) is 0.167. The van der Waals surface area contributed by atoms with Gasteiger partial charge < -0.3 is 20.1 Å². The average molecular weight is 411 g/mol. The van der Waals surface area contributed by atoms with Gasteiger partial charge in [-0.3, -0.25) is 9.59 Å². The highest BCUT2D eigenvalue weighted by molar-refractivity contribution is 6.37. The van der Waals surface area contributed by atoms with Crippen molar-refractivity contribution in [2.75, 3.05) is 26.1 Å². The zero-order valence-electron chi connectivity index (χ0n) is 14.5. The lowest BCUT2D eigenvalue weighted by molar-refractivity contribution is -0.119. The van der Waals surface area contributed by atoms with Gasteiger partial charge in [0.2, 0.25) is 0 Å². The van der Waals surface area contributed by atoms with E-state index < -0.39 is 18.5 Å². The van der Waals surface area contributed by atoms with Gasteiger partial charge in [0.1, 0.15) is 0 Å². The van der Waals surface area contributed by atoms with Crippen molar-refractivity contribution < 1.29 is 23.9 Å². The molecule has 142 valence electrons. The van der Waals surface area contributed by atoms with Gasteiger partial charge in [0.15, 0.2) is 12.4 Å². The second kappa shape index (κ2) is 9.25. The van der Waals surface area contributed by atoms with Gasteiger partial charge in [0.25, 0.3) is 11.8 Å². The van der Waals surface area contributed by atoms with Crippen LogP contribution in [0.4, 0.5) is 5.69 Å². The molecule has 9 heteroatoms. The largest absolute Gasteiger partial charge is 0.494 e. The number of amides is 2. The number of hydrogen-bond donors (Lipinski definition) is 2. The maximum Gasteiger partial charge on any atom is 0.338 e. The molecular formula is C18H16Cl2N2O5. The van der Waals surface area contributed by atoms with Gasteiger partial charge >= 0.3 is 5.97 Å². The van der Waals surface area contributed by atoms with Gasteiger partial charge in [-0.15, -0.1) is 0 Å². The Kier molecular flexibility index (Phi) is 7.04. The Morgan fingerprint density at radius 3 is 2.30 bits per heavy atom. The quantitative estimate of drug-likeness (QED) is 0.713. The molecule has 0 aliphatic heterocycles. The lowest BCUT2D eigenvalue weighted by Crippen LogP contribution is -2.22. The van der Waals surface area contributed by atoms with Crippen LogP contribution in [0.2, 0.25) is 10.0 Å². The highest BCUT2D eigenvalue weighted by Gasteiger charge is 2.16. The highest BCUT2D eigenvalue weighted by Crippen LogP contribution is 2.33. The van der Waals surface area contributed by atoms with E-state index >= 15 is 0 Å². The third-order valence-electron chi connectivity index (χ3n) is 3.41. The molecule has 0 atom stereocenters. The van der Waals surface area contributed by atoms with E-state index in [9.17, 15) is 14.4 Å². The SMILES string of the molecule is CNC(=O)c1cccc(NC(=O)COC(=O)c2cc(Cl)c(OC)c(Cl)c2)c1. The van der Waals surface area contributed by atoms with Gasteiger partial charge in [0, 0.05) is 18.3 Å². The first kappa shape index (κ1) is 20.5. The monoisotopic (exact) mass is 410 g/mol. The van der Waals surface area contributed by atoms with Crippen molar-refractivity contribution in [1.82, 2.24) is 5.32 Å². The van der Waals surface area contributed by atoms with E-state index in [2.05, 4.69) is 10.6 Å². The van der Waals surface area contributed by atoms with Crippen LogP contribution in [0.1, 0.15) is 20.7 Å². The van der Waals surface area contributed by atoms with Crippen molar-refractivity contribution in [3.05, 3.63) is 57.6 Å². The van der Waals surface area contributed by atoms with Crippen LogP contribution in [0.15, 0.2) is 36.4 Å². The van der Waals surface area contributed by atoms with Crippen LogP contribution in [-0.4, -0.2) is 38.5 Å². The maximum absolute atomic E-state index is 12.1. The van der Waals surface area contributed by atoms with Crippen LogP contribution in [0.3, 0.4) is 0 Å². The molecule has 2 amide bonds. The maximum atomic E-state index is 12.1. The van der Waals surface area contributed by atoms with Gasteiger partial charge in [-0.1, -0.05) is 29.3 Å². The Balaban J connectivity index is 1.98. The van der Waals surface area contributed by atoms with Crippen molar-refractivity contribution in [1.29, 1.82) is 0 Å². The number of nitrogens with one attached hydrogen (secondary N) is 2. The van der Waals surface area contributed by atoms with Crippen LogP contribution in [0, 0.1) is 0 Å². The van der Waals surface area contributed by atoms with Crippen molar-refractivity contribution >= 4 is 46.7 Å². The number of hydrogen-bond acceptors (Lipinski definition) is 5. The molecule has 2 N–H and O–H groups in total. The third kappa shape index (κ3) is 5.35. The Labute approximate surface area is 165 Å². The number of esters is 1. The fourth-order valence-electron chi connectivity index (χ4n) is 2.17. The number of carbonyl (C=O) groups is 3. The Bertz CT molecular complexity index is 863. The molecule has 0 bridgehead atoms. The zero-order chi connectivity index (χ0) is 20.0. The first-order valence-corrected chi connectivity index (χ1v) is 8.43. The summed E-state index contributed by atoms with van der Waals surface area (Å²) in [4.78, 5) is 35.6. The summed E-state index contributed by atoms with van der Waals surface area (Å²) in [5.41, 5.74) is 0.864. The summed E-state index contributed by atoms with van der Waals surface area (Å²) in [5.74, 6) is -1.38. The van der Waals surface area contributed by atoms with E-state index in [1.165, 1.54) is 32.4 Å². The van der Waals surface area contributed by atoms with E-state index in [0.717, 1.165) is 0 Å². The summed E-state index contributed by atoms with van der Waals surface area (Å²) in [7, 11) is 2.90. The standard InChI is InChI=1S/C18H16Cl2N2O5/c1-21-17(24)10-4-3-5-12(6-10)22-15(23)9-27-18(25)11-7-13(19)16(26-2)14(20)8-11/h3-8H,9H2,1-2H3,(H,21,24)(H,22,23). The van der Waals surface area contributed by atoms with E-state index in [1.807, 2.05) is 0 Å². The number of anilines is 1. The third-order valence-corrected chi connectivity index (χ3v) is 3.97. The van der Waals surface area contributed by atoms with Crippen molar-refractivity contribution in [2.45, 2.75) is 0 Å². The number of halogens is 2. The molecule has 0 aromatic heterocycles. The molecule has 0 saturated heterocycles. The van der Waals surface area contributed by atoms with Crippen molar-refractivity contribution in [2.24, 2.45) is 0 Å². The van der Waals surface area contributed by atoms with Crippen LogP contribution >= 0.6 is 23.2 Å². The number of methoxy groups -OCH3 is 1. The summed E-state index contributed by atoms with van der Waals surface area (Å²) in [5, 5.41) is 5.32. The average Bonchev–Trinajstić information content (AvgIpc) is 2.65. The second-order valence-corrected chi connectivity index (χ2v) is 6.07. The lowest BCUT2D eigenvalue weighted by Gasteiger charge is -2.10. The van der Waals surface area contributed by atoms with Gasteiger partial charge in [-0.05, 0) is 30.3 Å². The predicted molar refractivity (Wildman–Crippen MR) is 102 cm³/mol. The second-order valence-electron chi connectivity index (χ2n) is 5.26. The first-order chi connectivity index (χ1) is 12.8. The number of rotatable bonds is 6. The zero-order valence-corrected chi connectivity index (χ0v) is 16.0. The molecule has 0 unspecified atom stereocenters. The minimum atomic E-state index is -0.768. The van der Waals surface area contributed by atoms with E-state index in [0.29, 0.717) is 11.3 Å². The summed E-state index contributed by atoms with van der Waals surface area (Å²) < 4.78 is 9.96. The molecule has 0 fully saturated rings. The van der Waals surface area contributed by atoms with E-state index in [-0.39, 0.29) is 27.3 Å². The minimum Gasteiger partial charge on any atom is -0.494 e. The Morgan fingerprint density at radius 1 is 1.04 bits per heavy atom. The minimum absolute atomic E-state index is 0.0835. The van der Waals surface area contributed by atoms with Gasteiger partial charge in [0.05, 0.1) is 22.7 Å². The molecule has 0 aliphatic carbocycles. The molecule has 2 rings (SSSR count). The van der Waals surface area contributed by atoms with Gasteiger partial charge in [-0.25, -0.2) is 4.79 Å².